The Hall–Kier alpha value is -2.22. The molecule has 0 heterocycles. The molecular weight excluding hydrogens is 248 g/mol. The summed E-state index contributed by atoms with van der Waals surface area (Å²) in [5.74, 6) is -0.184. The Kier molecular flexibility index (Phi) is 5.39. The first-order valence-electron chi connectivity index (χ1n) is 6.78. The molecular formula is C18H22O2. The second-order valence-corrected chi connectivity index (χ2v) is 4.45. The average molecular weight is 270 g/mol. The van der Waals surface area contributed by atoms with Crippen molar-refractivity contribution in [1.29, 1.82) is 0 Å². The Labute approximate surface area is 121 Å². The van der Waals surface area contributed by atoms with E-state index in [-0.39, 0.29) is 11.5 Å². The van der Waals surface area contributed by atoms with Gasteiger partial charge in [-0.15, -0.1) is 0 Å². The molecule has 0 aromatic heterocycles. The lowest BCUT2D eigenvalue weighted by atomic mass is 9.94. The predicted octanol–water partition coefficient (Wildman–Crippen LogP) is 4.80. The number of rotatable bonds is 2. The van der Waals surface area contributed by atoms with E-state index in [2.05, 4.69) is 6.58 Å². The van der Waals surface area contributed by atoms with Gasteiger partial charge in [0.2, 0.25) is 0 Å². The highest BCUT2D eigenvalue weighted by Crippen LogP contribution is 2.34. The summed E-state index contributed by atoms with van der Waals surface area (Å²) in [5, 5.41) is 19.2. The van der Waals surface area contributed by atoms with Crippen molar-refractivity contribution in [2.24, 2.45) is 0 Å². The third-order valence-electron chi connectivity index (χ3n) is 3.10. The summed E-state index contributed by atoms with van der Waals surface area (Å²) >= 11 is 0. The highest BCUT2D eigenvalue weighted by atomic mass is 16.3. The molecule has 0 unspecified atom stereocenters. The summed E-state index contributed by atoms with van der Waals surface area (Å²) in [5.41, 5.74) is 4.47. The standard InChI is InChI=1S/C16H16O2.C2H6/c1-10-6-4-5-7-14(10)12(3)13-8-11(2)16(18)15(17)9-13;1-2/h4-9,17-18H,3H2,1-2H3;1-2H3. The van der Waals surface area contributed by atoms with Crippen LogP contribution in [0.5, 0.6) is 11.5 Å². The maximum atomic E-state index is 9.65. The molecule has 0 aliphatic rings. The van der Waals surface area contributed by atoms with Crippen molar-refractivity contribution in [2.45, 2.75) is 27.7 Å². The van der Waals surface area contributed by atoms with Crippen LogP contribution in [0.4, 0.5) is 0 Å². The summed E-state index contributed by atoms with van der Waals surface area (Å²) in [6, 6.07) is 11.3. The van der Waals surface area contributed by atoms with Crippen molar-refractivity contribution < 1.29 is 10.2 Å². The molecule has 106 valence electrons. The molecule has 2 aromatic carbocycles. The minimum Gasteiger partial charge on any atom is -0.504 e. The summed E-state index contributed by atoms with van der Waals surface area (Å²) in [4.78, 5) is 0. The van der Waals surface area contributed by atoms with Crippen molar-refractivity contribution in [3.8, 4) is 11.5 Å². The number of hydrogen-bond donors (Lipinski definition) is 2. The van der Waals surface area contributed by atoms with Gasteiger partial charge in [-0.1, -0.05) is 44.7 Å². The Morgan fingerprint density at radius 3 is 2.10 bits per heavy atom. The van der Waals surface area contributed by atoms with Crippen LogP contribution in [0.15, 0.2) is 43.0 Å². The van der Waals surface area contributed by atoms with Crippen LogP contribution in [0, 0.1) is 13.8 Å². The van der Waals surface area contributed by atoms with Crippen molar-refractivity contribution in [3.63, 3.8) is 0 Å². The summed E-state index contributed by atoms with van der Waals surface area (Å²) in [6.45, 7) is 11.9. The van der Waals surface area contributed by atoms with E-state index in [1.54, 1.807) is 6.92 Å². The SMILES string of the molecule is C=C(c1cc(C)c(O)c(O)c1)c1ccccc1C.CC. The molecule has 0 saturated heterocycles. The molecule has 0 amide bonds. The van der Waals surface area contributed by atoms with Crippen LogP contribution in [-0.4, -0.2) is 10.2 Å². The molecule has 0 radical (unpaired) electrons. The highest BCUT2D eigenvalue weighted by molar-refractivity contribution is 5.81. The Bertz CT molecular complexity index is 590. The second-order valence-electron chi connectivity index (χ2n) is 4.45. The zero-order valence-corrected chi connectivity index (χ0v) is 12.6. The first-order chi connectivity index (χ1) is 9.50. The third kappa shape index (κ3) is 3.21. The molecule has 0 atom stereocenters. The van der Waals surface area contributed by atoms with Gasteiger partial charge in [0.15, 0.2) is 11.5 Å². The van der Waals surface area contributed by atoms with Crippen LogP contribution >= 0.6 is 0 Å². The number of phenols is 2. The van der Waals surface area contributed by atoms with E-state index in [1.807, 2.05) is 51.1 Å². The predicted molar refractivity (Wildman–Crippen MR) is 85.2 cm³/mol. The molecule has 0 fully saturated rings. The smallest absolute Gasteiger partial charge is 0.160 e. The van der Waals surface area contributed by atoms with Gasteiger partial charge in [0.25, 0.3) is 0 Å². The van der Waals surface area contributed by atoms with Gasteiger partial charge in [-0.2, -0.15) is 0 Å². The zero-order chi connectivity index (χ0) is 15.3. The minimum atomic E-state index is -0.111. The van der Waals surface area contributed by atoms with E-state index >= 15 is 0 Å². The highest BCUT2D eigenvalue weighted by Gasteiger charge is 2.10. The molecule has 20 heavy (non-hydrogen) atoms. The fraction of sp³-hybridized carbons (Fsp3) is 0.222. The number of hydrogen-bond acceptors (Lipinski definition) is 2. The zero-order valence-electron chi connectivity index (χ0n) is 12.6. The monoisotopic (exact) mass is 270 g/mol. The van der Waals surface area contributed by atoms with E-state index in [0.717, 1.165) is 22.3 Å². The van der Waals surface area contributed by atoms with Gasteiger partial charge in [-0.05, 0) is 53.8 Å². The molecule has 2 rings (SSSR count). The van der Waals surface area contributed by atoms with Gasteiger partial charge in [0.05, 0.1) is 0 Å². The molecule has 2 heteroatoms. The average Bonchev–Trinajstić information content (AvgIpc) is 2.46. The van der Waals surface area contributed by atoms with Crippen LogP contribution in [0.2, 0.25) is 0 Å². The number of phenolic OH excluding ortho intramolecular Hbond substituents is 2. The first-order valence-corrected chi connectivity index (χ1v) is 6.78. The largest absolute Gasteiger partial charge is 0.504 e. The first kappa shape index (κ1) is 15.8. The second kappa shape index (κ2) is 6.80. The van der Waals surface area contributed by atoms with Gasteiger partial charge >= 0.3 is 0 Å². The van der Waals surface area contributed by atoms with Crippen LogP contribution in [0.1, 0.15) is 36.1 Å². The summed E-state index contributed by atoms with van der Waals surface area (Å²) in [6.07, 6.45) is 0. The van der Waals surface area contributed by atoms with E-state index < -0.39 is 0 Å². The summed E-state index contributed by atoms with van der Waals surface area (Å²) < 4.78 is 0. The maximum Gasteiger partial charge on any atom is 0.160 e. The van der Waals surface area contributed by atoms with Gasteiger partial charge in [-0.25, -0.2) is 0 Å². The Balaban J connectivity index is 0.000000956. The van der Waals surface area contributed by atoms with E-state index in [4.69, 9.17) is 0 Å². The molecule has 0 aliphatic carbocycles. The van der Waals surface area contributed by atoms with Crippen LogP contribution in [0.25, 0.3) is 5.57 Å². The number of aromatic hydroxyl groups is 2. The normalized spacial score (nSPS) is 9.60. The Morgan fingerprint density at radius 1 is 0.950 bits per heavy atom. The maximum absolute atomic E-state index is 9.65. The van der Waals surface area contributed by atoms with Gasteiger partial charge in [-0.3, -0.25) is 0 Å². The number of benzene rings is 2. The number of aryl methyl sites for hydroxylation is 2. The van der Waals surface area contributed by atoms with Crippen molar-refractivity contribution >= 4 is 5.57 Å². The summed E-state index contributed by atoms with van der Waals surface area (Å²) in [7, 11) is 0. The van der Waals surface area contributed by atoms with Crippen LogP contribution < -0.4 is 0 Å². The molecule has 2 nitrogen and oxygen atoms in total. The van der Waals surface area contributed by atoms with E-state index in [9.17, 15) is 10.2 Å². The van der Waals surface area contributed by atoms with Crippen molar-refractivity contribution in [3.05, 3.63) is 65.2 Å². The third-order valence-corrected chi connectivity index (χ3v) is 3.10. The molecule has 0 spiro atoms. The van der Waals surface area contributed by atoms with Crippen LogP contribution in [0.3, 0.4) is 0 Å². The lowest BCUT2D eigenvalue weighted by molar-refractivity contribution is 0.401. The molecule has 0 aliphatic heterocycles. The van der Waals surface area contributed by atoms with E-state index in [1.165, 1.54) is 6.07 Å². The minimum absolute atomic E-state index is 0.0728. The van der Waals surface area contributed by atoms with Gasteiger partial charge < -0.3 is 10.2 Å². The molecule has 0 bridgehead atoms. The Morgan fingerprint density at radius 2 is 1.55 bits per heavy atom. The van der Waals surface area contributed by atoms with Gasteiger partial charge in [0.1, 0.15) is 0 Å². The topological polar surface area (TPSA) is 40.5 Å². The van der Waals surface area contributed by atoms with E-state index in [0.29, 0.717) is 5.56 Å². The lowest BCUT2D eigenvalue weighted by Gasteiger charge is -2.12. The fourth-order valence-electron chi connectivity index (χ4n) is 2.00. The quantitative estimate of drug-likeness (QED) is 0.769. The van der Waals surface area contributed by atoms with Gasteiger partial charge in [0, 0.05) is 0 Å². The molecule has 2 N–H and O–H groups in total. The molecule has 2 aromatic rings. The van der Waals surface area contributed by atoms with Crippen molar-refractivity contribution in [2.75, 3.05) is 0 Å². The van der Waals surface area contributed by atoms with Crippen molar-refractivity contribution in [1.82, 2.24) is 0 Å². The van der Waals surface area contributed by atoms with Crippen LogP contribution in [-0.2, 0) is 0 Å². The lowest BCUT2D eigenvalue weighted by Crippen LogP contribution is -1.91. The fourth-order valence-corrected chi connectivity index (χ4v) is 2.00. The molecule has 0 saturated carbocycles.